The Hall–Kier alpha value is -2.16. The maximum absolute atomic E-state index is 13.5. The summed E-state index contributed by atoms with van der Waals surface area (Å²) >= 11 is 0. The lowest BCUT2D eigenvalue weighted by Gasteiger charge is -2.42. The number of carbonyl (C=O) groups excluding carboxylic acids is 1. The van der Waals surface area contributed by atoms with Crippen LogP contribution < -0.4 is 0 Å². The third-order valence-electron chi connectivity index (χ3n) is 6.72. The molecule has 3 heteroatoms. The van der Waals surface area contributed by atoms with Crippen LogP contribution in [0.3, 0.4) is 0 Å². The predicted molar refractivity (Wildman–Crippen MR) is 113 cm³/mol. The van der Waals surface area contributed by atoms with Crippen LogP contribution in [0.15, 0.2) is 35.4 Å². The van der Waals surface area contributed by atoms with Crippen molar-refractivity contribution in [3.8, 4) is 0 Å². The number of aliphatic carboxylic acids is 1. The second-order valence-electron chi connectivity index (χ2n) is 9.70. The van der Waals surface area contributed by atoms with Crippen molar-refractivity contribution < 1.29 is 14.7 Å². The van der Waals surface area contributed by atoms with Gasteiger partial charge in [0.2, 0.25) is 0 Å². The smallest absolute Gasteiger partial charge is 0.332 e. The number of carbonyl (C=O) groups is 2. The predicted octanol–water partition coefficient (Wildman–Crippen LogP) is 5.89. The van der Waals surface area contributed by atoms with E-state index in [0.717, 1.165) is 30.4 Å². The van der Waals surface area contributed by atoms with Gasteiger partial charge in [0.25, 0.3) is 0 Å². The molecule has 0 aromatic heterocycles. The Morgan fingerprint density at radius 1 is 1.00 bits per heavy atom. The number of rotatable bonds is 5. The molecule has 0 amide bonds. The molecule has 2 aliphatic rings. The fourth-order valence-electron chi connectivity index (χ4n) is 4.76. The molecule has 0 heterocycles. The Morgan fingerprint density at radius 2 is 1.54 bits per heavy atom. The summed E-state index contributed by atoms with van der Waals surface area (Å²) in [6, 6.07) is 4.29. The molecule has 2 aliphatic carbocycles. The van der Waals surface area contributed by atoms with E-state index in [1.807, 2.05) is 13.8 Å². The maximum atomic E-state index is 13.5. The zero-order valence-electron chi connectivity index (χ0n) is 18.0. The Morgan fingerprint density at radius 3 is 2.07 bits per heavy atom. The molecular formula is C25H32O3. The molecule has 0 spiro atoms. The van der Waals surface area contributed by atoms with Crippen molar-refractivity contribution in [2.75, 3.05) is 0 Å². The average Bonchev–Trinajstić information content (AvgIpc) is 3.02. The van der Waals surface area contributed by atoms with E-state index in [2.05, 4.69) is 39.8 Å². The zero-order chi connectivity index (χ0) is 20.9. The molecule has 1 atom stereocenters. The summed E-state index contributed by atoms with van der Waals surface area (Å²) in [4.78, 5) is 25.1. The van der Waals surface area contributed by atoms with Gasteiger partial charge in [-0.1, -0.05) is 59.3 Å². The van der Waals surface area contributed by atoms with Crippen molar-refractivity contribution in [1.29, 1.82) is 0 Å². The summed E-state index contributed by atoms with van der Waals surface area (Å²) < 4.78 is 0. The van der Waals surface area contributed by atoms with Crippen LogP contribution in [0.25, 0.3) is 0 Å². The van der Waals surface area contributed by atoms with E-state index in [9.17, 15) is 14.7 Å². The lowest BCUT2D eigenvalue weighted by atomic mass is 9.62. The van der Waals surface area contributed by atoms with E-state index in [1.54, 1.807) is 12.2 Å². The molecule has 0 fully saturated rings. The molecule has 0 saturated heterocycles. The van der Waals surface area contributed by atoms with Gasteiger partial charge in [-0.15, -0.1) is 0 Å². The largest absolute Gasteiger partial charge is 0.478 e. The highest BCUT2D eigenvalue weighted by molar-refractivity contribution is 6.12. The second kappa shape index (κ2) is 7.02. The summed E-state index contributed by atoms with van der Waals surface area (Å²) in [6.45, 7) is 13.1. The van der Waals surface area contributed by atoms with Crippen LogP contribution in [0, 0.1) is 12.8 Å². The summed E-state index contributed by atoms with van der Waals surface area (Å²) in [5.41, 5.74) is 5.39. The van der Waals surface area contributed by atoms with Crippen LogP contribution in [-0.2, 0) is 15.6 Å². The molecule has 1 N–H and O–H groups in total. The van der Waals surface area contributed by atoms with Crippen LogP contribution in [0.5, 0.6) is 0 Å². The summed E-state index contributed by atoms with van der Waals surface area (Å²) in [5, 5.41) is 9.51. The number of fused-ring (bicyclic) bond motifs is 1. The lowest BCUT2D eigenvalue weighted by Crippen LogP contribution is -2.34. The number of benzene rings is 1. The molecule has 1 aromatic rings. The van der Waals surface area contributed by atoms with Gasteiger partial charge in [-0.25, -0.2) is 4.79 Å². The first kappa shape index (κ1) is 20.6. The van der Waals surface area contributed by atoms with Gasteiger partial charge < -0.3 is 5.11 Å². The van der Waals surface area contributed by atoms with Gasteiger partial charge in [0.05, 0.1) is 0 Å². The monoisotopic (exact) mass is 380 g/mol. The maximum Gasteiger partial charge on any atom is 0.332 e. The van der Waals surface area contributed by atoms with Crippen LogP contribution >= 0.6 is 0 Å². The molecule has 3 rings (SSSR count). The number of allylic oxidation sites excluding steroid dienone is 3. The third kappa shape index (κ3) is 3.36. The van der Waals surface area contributed by atoms with Crippen molar-refractivity contribution in [1.82, 2.24) is 0 Å². The quantitative estimate of drug-likeness (QED) is 0.648. The van der Waals surface area contributed by atoms with Gasteiger partial charge in [0.1, 0.15) is 0 Å². The van der Waals surface area contributed by atoms with Crippen molar-refractivity contribution >= 4 is 11.8 Å². The topological polar surface area (TPSA) is 54.4 Å². The standard InChI is InChI=1S/C25H32O3/c1-7-8-16-17(9-10-18(16)23(27)28)22(26)19-14-21-20(13-15(19)2)24(3,4)11-12-25(21,5)6/h9-10,13-14,16H,7-8,11-12H2,1-6H3,(H,27,28). The minimum absolute atomic E-state index is 0.0228. The van der Waals surface area contributed by atoms with E-state index in [4.69, 9.17) is 0 Å². The first-order valence-corrected chi connectivity index (χ1v) is 10.3. The SMILES string of the molecule is CCCC1C(C(=O)O)=CC=C1C(=O)c1cc2c(cc1C)C(C)(C)CCC2(C)C. The zero-order valence-corrected chi connectivity index (χ0v) is 18.0. The fourth-order valence-corrected chi connectivity index (χ4v) is 4.76. The Balaban J connectivity index is 2.06. The molecule has 0 aliphatic heterocycles. The minimum atomic E-state index is -0.928. The van der Waals surface area contributed by atoms with Crippen LogP contribution in [0.2, 0.25) is 0 Å². The summed E-state index contributed by atoms with van der Waals surface area (Å²) in [5.74, 6) is -1.26. The van der Waals surface area contributed by atoms with E-state index in [0.29, 0.717) is 17.6 Å². The van der Waals surface area contributed by atoms with Crippen LogP contribution in [0.1, 0.15) is 87.4 Å². The third-order valence-corrected chi connectivity index (χ3v) is 6.72. The van der Waals surface area contributed by atoms with Gasteiger partial charge >= 0.3 is 5.97 Å². The van der Waals surface area contributed by atoms with E-state index >= 15 is 0 Å². The molecule has 28 heavy (non-hydrogen) atoms. The Kier molecular flexibility index (Phi) is 5.16. The molecule has 1 aromatic carbocycles. The minimum Gasteiger partial charge on any atom is -0.478 e. The number of hydrogen-bond acceptors (Lipinski definition) is 2. The van der Waals surface area contributed by atoms with Gasteiger partial charge in [0.15, 0.2) is 5.78 Å². The van der Waals surface area contributed by atoms with Crippen molar-refractivity contribution in [2.45, 2.75) is 78.1 Å². The highest BCUT2D eigenvalue weighted by atomic mass is 16.4. The second-order valence-corrected chi connectivity index (χ2v) is 9.70. The number of carboxylic acid groups (broad SMARTS) is 1. The van der Waals surface area contributed by atoms with Crippen LogP contribution in [0.4, 0.5) is 0 Å². The molecule has 150 valence electrons. The van der Waals surface area contributed by atoms with Gasteiger partial charge in [-0.2, -0.15) is 0 Å². The van der Waals surface area contributed by atoms with E-state index < -0.39 is 5.97 Å². The van der Waals surface area contributed by atoms with Crippen molar-refractivity contribution in [3.63, 3.8) is 0 Å². The fraction of sp³-hybridized carbons (Fsp3) is 0.520. The summed E-state index contributed by atoms with van der Waals surface area (Å²) in [6.07, 6.45) is 7.07. The van der Waals surface area contributed by atoms with Crippen LogP contribution in [-0.4, -0.2) is 16.9 Å². The van der Waals surface area contributed by atoms with E-state index in [1.165, 1.54) is 11.1 Å². The van der Waals surface area contributed by atoms with Gasteiger partial charge in [0, 0.05) is 22.6 Å². The number of Topliss-reactive ketones (excluding diaryl/α,β-unsaturated/α-hetero) is 1. The normalized spacial score (nSPS) is 22.3. The molecule has 1 unspecified atom stereocenters. The van der Waals surface area contributed by atoms with Gasteiger partial charge in [-0.3, -0.25) is 4.79 Å². The number of ketones is 1. The number of hydrogen-bond donors (Lipinski definition) is 1. The lowest BCUT2D eigenvalue weighted by molar-refractivity contribution is -0.133. The Labute approximate surface area is 168 Å². The first-order chi connectivity index (χ1) is 13.0. The average molecular weight is 381 g/mol. The highest BCUT2D eigenvalue weighted by Gasteiger charge is 2.39. The summed E-state index contributed by atoms with van der Waals surface area (Å²) in [7, 11) is 0. The number of aryl methyl sites for hydroxylation is 1. The first-order valence-electron chi connectivity index (χ1n) is 10.3. The molecular weight excluding hydrogens is 348 g/mol. The number of carboxylic acids is 1. The Bertz CT molecular complexity index is 897. The van der Waals surface area contributed by atoms with Crippen molar-refractivity contribution in [3.05, 3.63) is 57.7 Å². The highest BCUT2D eigenvalue weighted by Crippen LogP contribution is 2.47. The van der Waals surface area contributed by atoms with Gasteiger partial charge in [-0.05, 0) is 59.8 Å². The molecule has 0 bridgehead atoms. The molecule has 0 saturated carbocycles. The molecule has 0 radical (unpaired) electrons. The van der Waals surface area contributed by atoms with E-state index in [-0.39, 0.29) is 22.5 Å². The molecule has 3 nitrogen and oxygen atoms in total. The van der Waals surface area contributed by atoms with Crippen molar-refractivity contribution in [2.24, 2.45) is 5.92 Å².